The maximum Gasteiger partial charge on any atom is 0.135 e. The number of hydrogen-bond donors (Lipinski definition) is 2. The van der Waals surface area contributed by atoms with Gasteiger partial charge in [-0.15, -0.1) is 0 Å². The van der Waals surface area contributed by atoms with E-state index in [1.54, 1.807) is 13.4 Å². The largest absolute Gasteiger partial charge is 0.497 e. The van der Waals surface area contributed by atoms with E-state index < -0.39 is 6.10 Å². The number of fused-ring (bicyclic) bond motifs is 1. The first-order valence-electron chi connectivity index (χ1n) is 11.2. The zero-order valence-corrected chi connectivity index (χ0v) is 18.3. The third-order valence-corrected chi connectivity index (χ3v) is 6.51. The molecule has 2 N–H and O–H groups in total. The van der Waals surface area contributed by atoms with Crippen LogP contribution in [0.2, 0.25) is 0 Å². The molecule has 0 aliphatic carbocycles. The van der Waals surface area contributed by atoms with Crippen LogP contribution in [0.1, 0.15) is 17.5 Å². The van der Waals surface area contributed by atoms with Crippen LogP contribution >= 0.6 is 0 Å². The molecule has 3 heterocycles. The minimum absolute atomic E-state index is 0.179. The van der Waals surface area contributed by atoms with E-state index in [0.717, 1.165) is 55.5 Å². The van der Waals surface area contributed by atoms with Gasteiger partial charge in [0, 0.05) is 44.0 Å². The van der Waals surface area contributed by atoms with Gasteiger partial charge in [-0.25, -0.2) is 9.97 Å². The number of hydrogen-bond acceptors (Lipinski definition) is 7. The van der Waals surface area contributed by atoms with Crippen LogP contribution in [0, 0.1) is 0 Å². The van der Waals surface area contributed by atoms with Crippen molar-refractivity contribution in [2.75, 3.05) is 37.0 Å². The van der Waals surface area contributed by atoms with Crippen molar-refractivity contribution in [2.24, 2.45) is 0 Å². The van der Waals surface area contributed by atoms with Crippen LogP contribution in [-0.4, -0.2) is 58.9 Å². The highest BCUT2D eigenvalue weighted by molar-refractivity contribution is 5.60. The lowest BCUT2D eigenvalue weighted by molar-refractivity contribution is 0.0293. The summed E-state index contributed by atoms with van der Waals surface area (Å²) >= 11 is 0. The van der Waals surface area contributed by atoms with Crippen LogP contribution in [0.5, 0.6) is 5.75 Å². The molecule has 1 fully saturated rings. The molecule has 7 nitrogen and oxygen atoms in total. The lowest BCUT2D eigenvalue weighted by Crippen LogP contribution is -2.55. The van der Waals surface area contributed by atoms with Gasteiger partial charge >= 0.3 is 0 Å². The summed E-state index contributed by atoms with van der Waals surface area (Å²) in [6, 6.07) is 18.5. The molecule has 1 saturated heterocycles. The van der Waals surface area contributed by atoms with Gasteiger partial charge in [0.25, 0.3) is 0 Å². The Labute approximate surface area is 188 Å². The van der Waals surface area contributed by atoms with Crippen LogP contribution in [0.3, 0.4) is 0 Å². The van der Waals surface area contributed by atoms with E-state index in [1.165, 1.54) is 11.1 Å². The molecule has 166 valence electrons. The molecule has 7 heteroatoms. The Kier molecular flexibility index (Phi) is 5.92. The quantitative estimate of drug-likeness (QED) is 0.643. The van der Waals surface area contributed by atoms with Gasteiger partial charge in [-0.1, -0.05) is 24.3 Å². The number of nitrogens with one attached hydrogen (secondary N) is 1. The van der Waals surface area contributed by atoms with Crippen LogP contribution < -0.4 is 15.0 Å². The molecule has 2 atom stereocenters. The summed E-state index contributed by atoms with van der Waals surface area (Å²) < 4.78 is 5.21. The molecular formula is C25H29N5O2. The Balaban J connectivity index is 1.23. The molecule has 0 saturated carbocycles. The molecule has 2 aliphatic heterocycles. The fourth-order valence-corrected chi connectivity index (χ4v) is 4.76. The molecule has 5 rings (SSSR count). The molecule has 1 aromatic heterocycles. The summed E-state index contributed by atoms with van der Waals surface area (Å²) in [5, 5.41) is 14.3. The molecule has 0 spiro atoms. The Bertz CT molecular complexity index is 1060. The highest BCUT2D eigenvalue weighted by Crippen LogP contribution is 2.28. The number of aliphatic hydroxyl groups is 1. The number of benzene rings is 2. The van der Waals surface area contributed by atoms with Gasteiger partial charge in [-0.05, 0) is 48.2 Å². The molecule has 2 aromatic carbocycles. The van der Waals surface area contributed by atoms with Crippen LogP contribution in [0.15, 0.2) is 60.9 Å². The number of aliphatic hydroxyl groups excluding tert-OH is 1. The number of nitrogens with zero attached hydrogens (tertiary/aromatic N) is 4. The number of aromatic nitrogens is 2. The number of methoxy groups -OCH3 is 1. The Morgan fingerprint density at radius 3 is 2.62 bits per heavy atom. The van der Waals surface area contributed by atoms with Crippen molar-refractivity contribution in [1.29, 1.82) is 0 Å². The average molecular weight is 432 g/mol. The summed E-state index contributed by atoms with van der Waals surface area (Å²) in [6.07, 6.45) is 3.12. The summed E-state index contributed by atoms with van der Waals surface area (Å²) in [6.45, 7) is 3.35. The predicted octanol–water partition coefficient (Wildman–Crippen LogP) is 3.23. The summed E-state index contributed by atoms with van der Waals surface area (Å²) in [7, 11) is 1.65. The number of anilines is 3. The summed E-state index contributed by atoms with van der Waals surface area (Å²) in [5.41, 5.74) is 3.76. The van der Waals surface area contributed by atoms with Crippen molar-refractivity contribution < 1.29 is 9.84 Å². The van der Waals surface area contributed by atoms with Gasteiger partial charge in [-0.3, -0.25) is 4.90 Å². The average Bonchev–Trinajstić information content (AvgIpc) is 2.84. The van der Waals surface area contributed by atoms with Crippen molar-refractivity contribution in [1.82, 2.24) is 14.9 Å². The first-order valence-corrected chi connectivity index (χ1v) is 11.2. The predicted molar refractivity (Wildman–Crippen MR) is 125 cm³/mol. The normalized spacial score (nSPS) is 21.1. The fourth-order valence-electron chi connectivity index (χ4n) is 4.76. The molecule has 0 radical (unpaired) electrons. The lowest BCUT2D eigenvalue weighted by atomic mass is 9.94. The molecular weight excluding hydrogens is 402 g/mol. The van der Waals surface area contributed by atoms with Crippen LogP contribution in [-0.2, 0) is 13.0 Å². The van der Waals surface area contributed by atoms with Crippen LogP contribution in [0.4, 0.5) is 17.3 Å². The summed E-state index contributed by atoms with van der Waals surface area (Å²) in [4.78, 5) is 13.4. The lowest BCUT2D eigenvalue weighted by Gasteiger charge is -2.43. The first kappa shape index (κ1) is 20.7. The van der Waals surface area contributed by atoms with Crippen molar-refractivity contribution in [3.8, 4) is 5.75 Å². The van der Waals surface area contributed by atoms with E-state index in [-0.39, 0.29) is 6.04 Å². The van der Waals surface area contributed by atoms with E-state index in [2.05, 4.69) is 49.4 Å². The maximum absolute atomic E-state index is 11.0. The maximum atomic E-state index is 11.0. The van der Waals surface area contributed by atoms with E-state index in [0.29, 0.717) is 6.54 Å². The second kappa shape index (κ2) is 9.14. The van der Waals surface area contributed by atoms with E-state index in [4.69, 9.17) is 4.74 Å². The molecule has 3 aromatic rings. The van der Waals surface area contributed by atoms with Crippen molar-refractivity contribution in [3.63, 3.8) is 0 Å². The van der Waals surface area contributed by atoms with E-state index in [9.17, 15) is 5.11 Å². The van der Waals surface area contributed by atoms with E-state index >= 15 is 0 Å². The van der Waals surface area contributed by atoms with Gasteiger partial charge in [0.15, 0.2) is 0 Å². The van der Waals surface area contributed by atoms with E-state index in [1.807, 2.05) is 30.3 Å². The zero-order valence-electron chi connectivity index (χ0n) is 18.3. The third-order valence-electron chi connectivity index (χ3n) is 6.51. The molecule has 0 bridgehead atoms. The topological polar surface area (TPSA) is 73.8 Å². The van der Waals surface area contributed by atoms with Gasteiger partial charge in [0.1, 0.15) is 23.7 Å². The monoisotopic (exact) mass is 431 g/mol. The number of rotatable bonds is 5. The fraction of sp³-hybridized carbons (Fsp3) is 0.360. The standard InChI is InChI=1S/C25H29N5O2/c1-32-21-8-6-20(7-9-21)28-24-14-25(27-17-26-24)30-13-11-22(23(31)16-30)29-12-10-18-4-2-3-5-19(18)15-29/h2-9,14,17,22-23,31H,10-13,15-16H2,1H3,(H,26,27,28)/t22-,23-/m0/s1. The van der Waals surface area contributed by atoms with Crippen molar-refractivity contribution in [2.45, 2.75) is 31.5 Å². The van der Waals surface area contributed by atoms with Crippen molar-refractivity contribution in [3.05, 3.63) is 72.1 Å². The highest BCUT2D eigenvalue weighted by atomic mass is 16.5. The third kappa shape index (κ3) is 4.40. The minimum atomic E-state index is -0.415. The van der Waals surface area contributed by atoms with Gasteiger partial charge in [0.05, 0.1) is 13.2 Å². The highest BCUT2D eigenvalue weighted by Gasteiger charge is 2.34. The van der Waals surface area contributed by atoms with Crippen molar-refractivity contribution >= 4 is 17.3 Å². The number of ether oxygens (including phenoxy) is 1. The first-order chi connectivity index (χ1) is 15.7. The smallest absolute Gasteiger partial charge is 0.135 e. The molecule has 0 unspecified atom stereocenters. The van der Waals surface area contributed by atoms with Gasteiger partial charge in [0.2, 0.25) is 0 Å². The molecule has 32 heavy (non-hydrogen) atoms. The SMILES string of the molecule is COc1ccc(Nc2cc(N3CC[C@H](N4CCc5ccccc5C4)[C@@H](O)C3)ncn2)cc1. The van der Waals surface area contributed by atoms with Gasteiger partial charge in [-0.2, -0.15) is 0 Å². The number of piperidine rings is 1. The number of β-amino-alcohol motifs (C(OH)–C–C–N with tert-alkyl or cyclic N) is 1. The zero-order chi connectivity index (χ0) is 21.9. The van der Waals surface area contributed by atoms with Gasteiger partial charge < -0.3 is 20.1 Å². The molecule has 0 amide bonds. The van der Waals surface area contributed by atoms with Crippen LogP contribution in [0.25, 0.3) is 0 Å². The molecule has 2 aliphatic rings. The Morgan fingerprint density at radius 2 is 1.84 bits per heavy atom. The second-order valence-corrected chi connectivity index (χ2v) is 8.47. The minimum Gasteiger partial charge on any atom is -0.497 e. The second-order valence-electron chi connectivity index (χ2n) is 8.47. The Morgan fingerprint density at radius 1 is 1.03 bits per heavy atom. The Hall–Kier alpha value is -3.16. The summed E-state index contributed by atoms with van der Waals surface area (Å²) in [5.74, 6) is 2.37.